The zero-order chi connectivity index (χ0) is 12.4. The van der Waals surface area contributed by atoms with Gasteiger partial charge in [-0.1, -0.05) is 13.8 Å². The normalized spacial score (nSPS) is 23.9. The highest BCUT2D eigenvalue weighted by Crippen LogP contribution is 2.20. The number of rotatable bonds is 3. The van der Waals surface area contributed by atoms with E-state index >= 15 is 0 Å². The van der Waals surface area contributed by atoms with Crippen molar-refractivity contribution in [1.82, 2.24) is 15.1 Å². The van der Waals surface area contributed by atoms with Gasteiger partial charge in [-0.05, 0) is 18.9 Å². The average molecular weight is 236 g/mol. The monoisotopic (exact) mass is 236 g/mol. The second kappa shape index (κ2) is 4.87. The highest BCUT2D eigenvalue weighted by molar-refractivity contribution is 5.93. The van der Waals surface area contributed by atoms with E-state index in [2.05, 4.69) is 22.7 Å². The first-order chi connectivity index (χ1) is 8.11. The predicted octanol–water partition coefficient (Wildman–Crippen LogP) is 0.776. The van der Waals surface area contributed by atoms with Gasteiger partial charge in [-0.3, -0.25) is 9.48 Å². The summed E-state index contributed by atoms with van der Waals surface area (Å²) in [5.74, 6) is 0.571. The van der Waals surface area contributed by atoms with Gasteiger partial charge in [-0.25, -0.2) is 0 Å². The Bertz CT molecular complexity index is 413. The molecule has 2 N–H and O–H groups in total. The summed E-state index contributed by atoms with van der Waals surface area (Å²) in [5, 5.41) is 10.5. The third-order valence-electron chi connectivity index (χ3n) is 3.35. The standard InChI is InChI=1S/C12H20N4O/c1-4-10-11(7-16(3)15-10)14-12(17)9-6-13-5-8(9)2/h7-9,13H,4-6H2,1-3H3,(H,14,17). The molecule has 0 aromatic carbocycles. The van der Waals surface area contributed by atoms with Crippen LogP contribution in [-0.4, -0.2) is 28.8 Å². The third kappa shape index (κ3) is 2.49. The van der Waals surface area contributed by atoms with E-state index in [4.69, 9.17) is 0 Å². The molecule has 0 saturated carbocycles. The van der Waals surface area contributed by atoms with E-state index < -0.39 is 0 Å². The summed E-state index contributed by atoms with van der Waals surface area (Å²) in [4.78, 5) is 12.1. The van der Waals surface area contributed by atoms with Gasteiger partial charge >= 0.3 is 0 Å². The number of hydrogen-bond donors (Lipinski definition) is 2. The SMILES string of the molecule is CCc1nn(C)cc1NC(=O)C1CNCC1C. The van der Waals surface area contributed by atoms with Crippen molar-refractivity contribution in [3.63, 3.8) is 0 Å². The van der Waals surface area contributed by atoms with Crippen LogP contribution < -0.4 is 10.6 Å². The lowest BCUT2D eigenvalue weighted by Gasteiger charge is -2.13. The smallest absolute Gasteiger partial charge is 0.229 e. The molecular weight excluding hydrogens is 216 g/mol. The van der Waals surface area contributed by atoms with Crippen molar-refractivity contribution >= 4 is 11.6 Å². The first-order valence-electron chi connectivity index (χ1n) is 6.16. The van der Waals surface area contributed by atoms with Gasteiger partial charge in [0.2, 0.25) is 5.91 Å². The molecule has 1 fully saturated rings. The molecule has 94 valence electrons. The number of carbonyl (C=O) groups excluding carboxylic acids is 1. The lowest BCUT2D eigenvalue weighted by atomic mass is 9.97. The molecule has 1 aromatic heterocycles. The van der Waals surface area contributed by atoms with Crippen molar-refractivity contribution in [2.24, 2.45) is 18.9 Å². The molecule has 5 heteroatoms. The molecular formula is C12H20N4O. The topological polar surface area (TPSA) is 59.0 Å². The van der Waals surface area contributed by atoms with Crippen molar-refractivity contribution < 1.29 is 4.79 Å². The van der Waals surface area contributed by atoms with E-state index in [0.717, 1.165) is 30.9 Å². The van der Waals surface area contributed by atoms with Crippen LogP contribution >= 0.6 is 0 Å². The van der Waals surface area contributed by atoms with Crippen molar-refractivity contribution in [2.45, 2.75) is 20.3 Å². The van der Waals surface area contributed by atoms with E-state index in [9.17, 15) is 4.79 Å². The summed E-state index contributed by atoms with van der Waals surface area (Å²) >= 11 is 0. The maximum atomic E-state index is 12.1. The molecule has 1 aliphatic rings. The Kier molecular flexibility index (Phi) is 3.47. The van der Waals surface area contributed by atoms with E-state index in [0.29, 0.717) is 5.92 Å². The first kappa shape index (κ1) is 12.1. The van der Waals surface area contributed by atoms with Crippen LogP contribution in [-0.2, 0) is 18.3 Å². The van der Waals surface area contributed by atoms with Gasteiger partial charge in [0.15, 0.2) is 0 Å². The van der Waals surface area contributed by atoms with Gasteiger partial charge in [0.25, 0.3) is 0 Å². The van der Waals surface area contributed by atoms with Crippen LogP contribution in [0.3, 0.4) is 0 Å². The Morgan fingerprint density at radius 2 is 2.41 bits per heavy atom. The van der Waals surface area contributed by atoms with Gasteiger partial charge in [-0.2, -0.15) is 5.10 Å². The fourth-order valence-corrected chi connectivity index (χ4v) is 2.29. The lowest BCUT2D eigenvalue weighted by molar-refractivity contribution is -0.120. The highest BCUT2D eigenvalue weighted by atomic mass is 16.2. The second-order valence-corrected chi connectivity index (χ2v) is 4.75. The minimum atomic E-state index is 0.0694. The Hall–Kier alpha value is -1.36. The van der Waals surface area contributed by atoms with Gasteiger partial charge in [0, 0.05) is 19.8 Å². The van der Waals surface area contributed by atoms with Crippen LogP contribution in [0.5, 0.6) is 0 Å². The maximum absolute atomic E-state index is 12.1. The minimum absolute atomic E-state index is 0.0694. The molecule has 5 nitrogen and oxygen atoms in total. The number of amides is 1. The van der Waals surface area contributed by atoms with E-state index in [-0.39, 0.29) is 11.8 Å². The third-order valence-corrected chi connectivity index (χ3v) is 3.35. The zero-order valence-corrected chi connectivity index (χ0v) is 10.7. The van der Waals surface area contributed by atoms with Crippen LogP contribution in [0.15, 0.2) is 6.20 Å². The summed E-state index contributed by atoms with van der Waals surface area (Å²) in [6.45, 7) is 5.84. The number of aromatic nitrogens is 2. The van der Waals surface area contributed by atoms with Crippen LogP contribution in [0.2, 0.25) is 0 Å². The van der Waals surface area contributed by atoms with Gasteiger partial charge in [0.05, 0.1) is 17.3 Å². The van der Waals surface area contributed by atoms with Gasteiger partial charge < -0.3 is 10.6 Å². The predicted molar refractivity (Wildman–Crippen MR) is 66.7 cm³/mol. The van der Waals surface area contributed by atoms with Gasteiger partial charge in [-0.15, -0.1) is 0 Å². The molecule has 0 aliphatic carbocycles. The molecule has 1 amide bonds. The lowest BCUT2D eigenvalue weighted by Crippen LogP contribution is -2.28. The molecule has 1 aromatic rings. The maximum Gasteiger partial charge on any atom is 0.229 e. The van der Waals surface area contributed by atoms with E-state index in [1.807, 2.05) is 20.2 Å². The fourth-order valence-electron chi connectivity index (χ4n) is 2.29. The zero-order valence-electron chi connectivity index (χ0n) is 10.7. The Morgan fingerprint density at radius 3 is 3.00 bits per heavy atom. The largest absolute Gasteiger partial charge is 0.323 e. The molecule has 2 atom stereocenters. The Balaban J connectivity index is 2.07. The summed E-state index contributed by atoms with van der Waals surface area (Å²) in [7, 11) is 1.87. The number of hydrogen-bond acceptors (Lipinski definition) is 3. The molecule has 1 aliphatic heterocycles. The molecule has 0 radical (unpaired) electrons. The highest BCUT2D eigenvalue weighted by Gasteiger charge is 2.30. The Morgan fingerprint density at radius 1 is 1.65 bits per heavy atom. The number of nitrogens with one attached hydrogen (secondary N) is 2. The quantitative estimate of drug-likeness (QED) is 0.815. The van der Waals surface area contributed by atoms with Crippen LogP contribution in [0.1, 0.15) is 19.5 Å². The first-order valence-corrected chi connectivity index (χ1v) is 6.16. The number of carbonyl (C=O) groups is 1. The minimum Gasteiger partial charge on any atom is -0.323 e. The summed E-state index contributed by atoms with van der Waals surface area (Å²) in [6, 6.07) is 0. The molecule has 0 spiro atoms. The molecule has 1 saturated heterocycles. The van der Waals surface area contributed by atoms with Crippen molar-refractivity contribution in [2.75, 3.05) is 18.4 Å². The fraction of sp³-hybridized carbons (Fsp3) is 0.667. The summed E-state index contributed by atoms with van der Waals surface area (Å²) in [5.41, 5.74) is 1.79. The second-order valence-electron chi connectivity index (χ2n) is 4.75. The van der Waals surface area contributed by atoms with Crippen LogP contribution in [0.4, 0.5) is 5.69 Å². The molecule has 17 heavy (non-hydrogen) atoms. The van der Waals surface area contributed by atoms with E-state index in [1.165, 1.54) is 0 Å². The van der Waals surface area contributed by atoms with Crippen LogP contribution in [0.25, 0.3) is 0 Å². The van der Waals surface area contributed by atoms with E-state index in [1.54, 1.807) is 4.68 Å². The van der Waals surface area contributed by atoms with Crippen molar-refractivity contribution in [3.05, 3.63) is 11.9 Å². The van der Waals surface area contributed by atoms with Gasteiger partial charge in [0.1, 0.15) is 0 Å². The summed E-state index contributed by atoms with van der Waals surface area (Å²) < 4.78 is 1.74. The summed E-state index contributed by atoms with van der Waals surface area (Å²) in [6.07, 6.45) is 2.69. The number of anilines is 1. The Labute approximate surface area is 102 Å². The number of aryl methyl sites for hydroxylation is 2. The molecule has 2 unspecified atom stereocenters. The van der Waals surface area contributed by atoms with Crippen LogP contribution in [0, 0.1) is 11.8 Å². The van der Waals surface area contributed by atoms with Crippen molar-refractivity contribution in [1.29, 1.82) is 0 Å². The number of nitrogens with zero attached hydrogens (tertiary/aromatic N) is 2. The molecule has 2 heterocycles. The average Bonchev–Trinajstić information content (AvgIpc) is 2.84. The molecule has 2 rings (SSSR count). The van der Waals surface area contributed by atoms with Crippen molar-refractivity contribution in [3.8, 4) is 0 Å². The molecule has 0 bridgehead atoms.